The van der Waals surface area contributed by atoms with Crippen molar-refractivity contribution >= 4 is 35.9 Å². The molecular weight excluding hydrogens is 520 g/mol. The van der Waals surface area contributed by atoms with E-state index in [1.807, 2.05) is 6.07 Å². The predicted molar refractivity (Wildman–Crippen MR) is 149 cm³/mol. The maximum Gasteiger partial charge on any atom is 0.255 e. The Bertz CT molecular complexity index is 1330. The molecule has 1 aromatic carbocycles. The molecule has 1 fully saturated rings. The van der Waals surface area contributed by atoms with Gasteiger partial charge in [-0.2, -0.15) is 12.6 Å². The van der Waals surface area contributed by atoms with Gasteiger partial charge in [0.05, 0.1) is 17.2 Å². The van der Waals surface area contributed by atoms with Gasteiger partial charge >= 0.3 is 0 Å². The lowest BCUT2D eigenvalue weighted by Crippen LogP contribution is -2.73. The molecule has 212 valence electrons. The number of thiol groups is 1. The zero-order valence-corrected chi connectivity index (χ0v) is 23.9. The number of benzene rings is 1. The maximum absolute atomic E-state index is 14.2. The van der Waals surface area contributed by atoms with Crippen LogP contribution in [-0.4, -0.2) is 73.3 Å². The van der Waals surface area contributed by atoms with Gasteiger partial charge in [-0.25, -0.2) is 0 Å². The number of fused-ring (bicyclic) bond motifs is 3. The number of aryl methyl sites for hydroxylation is 1. The van der Waals surface area contributed by atoms with Gasteiger partial charge in [0.1, 0.15) is 22.8 Å². The van der Waals surface area contributed by atoms with Crippen molar-refractivity contribution in [2.75, 3.05) is 14.1 Å². The van der Waals surface area contributed by atoms with Crippen molar-refractivity contribution < 1.29 is 34.8 Å². The average molecular weight is 559 g/mol. The normalized spacial score (nSPS) is 30.5. The fourth-order valence-corrected chi connectivity index (χ4v) is 7.94. The van der Waals surface area contributed by atoms with Gasteiger partial charge in [-0.05, 0) is 62.9 Å². The molecule has 0 saturated heterocycles. The maximum atomic E-state index is 14.2. The largest absolute Gasteiger partial charge is 0.508 e. The highest BCUT2D eigenvalue weighted by molar-refractivity contribution is 7.82. The molecule has 0 aliphatic heterocycles. The lowest BCUT2D eigenvalue weighted by atomic mass is 9.49. The minimum absolute atomic E-state index is 0.0897. The number of aliphatic hydroxyl groups is 3. The molecule has 0 radical (unpaired) electrons. The first-order chi connectivity index (χ1) is 18.1. The molecule has 4 rings (SSSR count). The van der Waals surface area contributed by atoms with Crippen LogP contribution in [0.25, 0.3) is 5.76 Å². The number of hydrogen-bond acceptors (Lipinski definition) is 9. The first-order valence-corrected chi connectivity index (χ1v) is 13.8. The number of nitrogens with zero attached hydrogens (tertiary/aromatic N) is 1. The molecule has 1 saturated carbocycles. The van der Waals surface area contributed by atoms with Crippen LogP contribution in [0, 0.1) is 11.3 Å². The van der Waals surface area contributed by atoms with Gasteiger partial charge in [-0.3, -0.25) is 19.3 Å². The van der Waals surface area contributed by atoms with E-state index in [2.05, 4.69) is 13.8 Å². The number of amides is 1. The van der Waals surface area contributed by atoms with Gasteiger partial charge in [-0.15, -0.1) is 0 Å². The molecule has 0 bridgehead atoms. The number of nitrogens with two attached hydrogens (primary N) is 1. The van der Waals surface area contributed by atoms with Crippen molar-refractivity contribution in [3.05, 3.63) is 45.7 Å². The number of primary amides is 1. The summed E-state index contributed by atoms with van der Waals surface area (Å²) in [4.78, 5) is 41.4. The smallest absolute Gasteiger partial charge is 0.255 e. The third kappa shape index (κ3) is 3.94. The summed E-state index contributed by atoms with van der Waals surface area (Å²) in [5.74, 6) is -4.56. The second kappa shape index (κ2) is 9.67. The Morgan fingerprint density at radius 1 is 1.18 bits per heavy atom. The minimum Gasteiger partial charge on any atom is -0.508 e. The fraction of sp³-hybridized carbons (Fsp3) is 0.552. The second-order valence-electron chi connectivity index (χ2n) is 11.7. The Labute approximate surface area is 233 Å². The second-order valence-corrected chi connectivity index (χ2v) is 12.6. The number of phenols is 1. The van der Waals surface area contributed by atoms with Crippen molar-refractivity contribution in [2.45, 2.75) is 75.7 Å². The monoisotopic (exact) mass is 558 g/mol. The minimum atomic E-state index is -2.75. The zero-order valence-electron chi connectivity index (χ0n) is 23.0. The van der Waals surface area contributed by atoms with Crippen molar-refractivity contribution in [2.24, 2.45) is 17.1 Å². The zero-order chi connectivity index (χ0) is 29.2. The molecule has 0 spiro atoms. The highest BCUT2D eigenvalue weighted by atomic mass is 32.1. The van der Waals surface area contributed by atoms with Crippen LogP contribution >= 0.6 is 12.6 Å². The number of aliphatic hydroxyl groups excluding tert-OH is 2. The van der Waals surface area contributed by atoms with Crippen LogP contribution in [-0.2, 0) is 27.2 Å². The molecular formula is C29H38N2O7S. The summed E-state index contributed by atoms with van der Waals surface area (Å²) in [6.07, 6.45) is 3.67. The molecule has 1 aromatic rings. The van der Waals surface area contributed by atoms with Crippen LogP contribution in [0.15, 0.2) is 29.0 Å². The highest BCUT2D eigenvalue weighted by Gasteiger charge is 2.72. The van der Waals surface area contributed by atoms with Crippen molar-refractivity contribution in [3.8, 4) is 5.75 Å². The first kappa shape index (κ1) is 29.2. The van der Waals surface area contributed by atoms with Crippen LogP contribution in [0.2, 0.25) is 0 Å². The quantitative estimate of drug-likeness (QED) is 0.220. The number of likely N-dealkylation sites (N-methyl/N-ethyl adjacent to an activating group) is 1. The molecule has 4 atom stereocenters. The molecule has 10 heteroatoms. The number of aromatic hydroxyl groups is 1. The Kier molecular flexibility index (Phi) is 7.24. The molecule has 0 heterocycles. The number of carbonyl (C=O) groups excluding carboxylic acids is 3. The molecule has 3 aliphatic carbocycles. The van der Waals surface area contributed by atoms with E-state index < -0.39 is 56.4 Å². The summed E-state index contributed by atoms with van der Waals surface area (Å²) >= 11 is 4.94. The third-order valence-corrected chi connectivity index (χ3v) is 9.79. The number of rotatable bonds is 7. The predicted octanol–water partition coefficient (Wildman–Crippen LogP) is 2.78. The highest BCUT2D eigenvalue weighted by Crippen LogP contribution is 2.62. The van der Waals surface area contributed by atoms with Gasteiger partial charge < -0.3 is 26.2 Å². The van der Waals surface area contributed by atoms with E-state index in [9.17, 15) is 34.8 Å². The van der Waals surface area contributed by atoms with Crippen LogP contribution in [0.3, 0.4) is 0 Å². The van der Waals surface area contributed by atoms with Gasteiger partial charge in [-0.1, -0.05) is 39.7 Å². The third-order valence-electron chi connectivity index (χ3n) is 9.26. The van der Waals surface area contributed by atoms with E-state index in [1.165, 1.54) is 17.9 Å². The number of Topliss-reactive ketones (excluding diaryl/α,β-unsaturated/α-hetero) is 2. The lowest BCUT2D eigenvalue weighted by Gasteiger charge is -2.59. The standard InChI is InChI=1S/C29H38N2O7S/c1-6-14(7-2)8-9-15-10-11-17(32)18-16(15)12-28(39)13-27(3)23(31(4)5)22(34)19(26(30)37)24(35)29(27,38)25(36)20(28)21(18)33/h10-11,14,23,32-33,35,38-39H,6-9,12-13H2,1-5H3,(H2,30,37)/t23?,27-,28+,29+/m0/s1. The summed E-state index contributed by atoms with van der Waals surface area (Å²) in [5, 5.41) is 45.4. The van der Waals surface area contributed by atoms with Gasteiger partial charge in [0.15, 0.2) is 11.4 Å². The summed E-state index contributed by atoms with van der Waals surface area (Å²) in [7, 11) is 3.13. The van der Waals surface area contributed by atoms with E-state index >= 15 is 0 Å². The van der Waals surface area contributed by atoms with E-state index in [1.54, 1.807) is 14.1 Å². The summed E-state index contributed by atoms with van der Waals surface area (Å²) in [6.45, 7) is 5.78. The summed E-state index contributed by atoms with van der Waals surface area (Å²) in [5.41, 5.74) is 1.52. The van der Waals surface area contributed by atoms with E-state index in [0.717, 1.165) is 24.8 Å². The molecule has 1 unspecified atom stereocenters. The first-order valence-electron chi connectivity index (χ1n) is 13.3. The van der Waals surface area contributed by atoms with Gasteiger partial charge in [0.25, 0.3) is 5.91 Å². The Hall–Kier alpha value is -2.82. The van der Waals surface area contributed by atoms with Crippen LogP contribution in [0.4, 0.5) is 0 Å². The van der Waals surface area contributed by atoms with Crippen LogP contribution in [0.5, 0.6) is 5.75 Å². The van der Waals surface area contributed by atoms with E-state index in [-0.39, 0.29) is 29.7 Å². The summed E-state index contributed by atoms with van der Waals surface area (Å²) in [6, 6.07) is 2.08. The van der Waals surface area contributed by atoms with Crippen LogP contribution < -0.4 is 5.73 Å². The Morgan fingerprint density at radius 2 is 1.79 bits per heavy atom. The van der Waals surface area contributed by atoms with E-state index in [0.29, 0.717) is 17.9 Å². The lowest BCUT2D eigenvalue weighted by molar-refractivity contribution is -0.170. The molecule has 9 nitrogen and oxygen atoms in total. The molecule has 0 aromatic heterocycles. The molecule has 3 aliphatic rings. The van der Waals surface area contributed by atoms with Crippen molar-refractivity contribution in [3.63, 3.8) is 0 Å². The topological polar surface area (TPSA) is 161 Å². The van der Waals surface area contributed by atoms with Gasteiger partial charge in [0, 0.05) is 10.2 Å². The average Bonchev–Trinajstić information content (AvgIpc) is 2.82. The van der Waals surface area contributed by atoms with Crippen LogP contribution in [0.1, 0.15) is 63.1 Å². The van der Waals surface area contributed by atoms with Gasteiger partial charge in [0.2, 0.25) is 5.78 Å². The SMILES string of the molecule is CCC(CC)CCc1ccc(O)c2c1C[C@@]1(S)C[C@@]3(C)C(N(C)C)C(=O)C(C(N)=O)=C(O)[C@@]3(O)C(=O)C1=C2O. The summed E-state index contributed by atoms with van der Waals surface area (Å²) < 4.78 is -1.36. The molecule has 6 N–H and O–H groups in total. The van der Waals surface area contributed by atoms with Crippen molar-refractivity contribution in [1.82, 2.24) is 4.90 Å². The molecule has 39 heavy (non-hydrogen) atoms. The Morgan fingerprint density at radius 3 is 2.33 bits per heavy atom. The van der Waals surface area contributed by atoms with Crippen molar-refractivity contribution in [1.29, 1.82) is 0 Å². The number of carbonyl (C=O) groups is 3. The van der Waals surface area contributed by atoms with E-state index in [4.69, 9.17) is 18.4 Å². The number of ketones is 2. The molecule has 1 amide bonds. The Balaban J connectivity index is 1.97. The fourth-order valence-electron chi connectivity index (χ4n) is 7.25. The number of phenolic OH excluding ortho intramolecular Hbond substituents is 1. The number of hydrogen-bond donors (Lipinski definition) is 6.